The molecule has 0 fully saturated rings. The average molecular weight is 282 g/mol. The number of aromatic nitrogens is 1. The van der Waals surface area contributed by atoms with Gasteiger partial charge in [0.05, 0.1) is 10.6 Å². The molecular weight excluding hydrogens is 271 g/mol. The molecule has 0 bridgehead atoms. The number of alkyl halides is 3. The molecule has 1 rings (SSSR count). The number of halogens is 4. The number of hydrogen-bond donors (Lipinski definition) is 1. The minimum atomic E-state index is -4.45. The highest BCUT2D eigenvalue weighted by molar-refractivity contribution is 6.33. The molecule has 100 valence electrons. The number of carbonyl (C=O) groups excluding carboxylic acids is 1. The minimum Gasteiger partial charge on any atom is -0.373 e. The standard InChI is InChI=1S/C10H11ClF3N3O/c1-15-8-3-6(7(11)4-16-8)9(18)17(2)5-10(12,13)14/h3-4H,5H2,1-2H3,(H,15,16). The molecule has 0 atom stereocenters. The van der Waals surface area contributed by atoms with E-state index in [9.17, 15) is 18.0 Å². The summed E-state index contributed by atoms with van der Waals surface area (Å²) in [4.78, 5) is 16.2. The van der Waals surface area contributed by atoms with E-state index in [0.717, 1.165) is 7.05 Å². The van der Waals surface area contributed by atoms with Crippen LogP contribution in [0.25, 0.3) is 0 Å². The summed E-state index contributed by atoms with van der Waals surface area (Å²) >= 11 is 5.74. The highest BCUT2D eigenvalue weighted by Crippen LogP contribution is 2.21. The van der Waals surface area contributed by atoms with Crippen LogP contribution in [0.4, 0.5) is 19.0 Å². The van der Waals surface area contributed by atoms with E-state index in [0.29, 0.717) is 10.7 Å². The molecule has 1 aromatic rings. The maximum absolute atomic E-state index is 12.2. The fourth-order valence-corrected chi connectivity index (χ4v) is 1.47. The number of anilines is 1. The van der Waals surface area contributed by atoms with Crippen LogP contribution in [0.3, 0.4) is 0 Å². The first-order chi connectivity index (χ1) is 8.24. The van der Waals surface area contributed by atoms with Gasteiger partial charge in [-0.3, -0.25) is 4.79 Å². The highest BCUT2D eigenvalue weighted by atomic mass is 35.5. The lowest BCUT2D eigenvalue weighted by Crippen LogP contribution is -2.36. The molecule has 1 heterocycles. The van der Waals surface area contributed by atoms with E-state index in [2.05, 4.69) is 10.3 Å². The maximum atomic E-state index is 12.2. The zero-order valence-corrected chi connectivity index (χ0v) is 10.4. The van der Waals surface area contributed by atoms with Crippen molar-refractivity contribution in [1.82, 2.24) is 9.88 Å². The van der Waals surface area contributed by atoms with Crippen LogP contribution in [-0.4, -0.2) is 42.6 Å². The van der Waals surface area contributed by atoms with E-state index in [-0.39, 0.29) is 10.6 Å². The molecule has 1 N–H and O–H groups in total. The Morgan fingerprint density at radius 3 is 2.67 bits per heavy atom. The van der Waals surface area contributed by atoms with Crippen molar-refractivity contribution >= 4 is 23.3 Å². The van der Waals surface area contributed by atoms with Crippen molar-refractivity contribution in [3.63, 3.8) is 0 Å². The third kappa shape index (κ3) is 3.76. The second-order valence-corrected chi connectivity index (χ2v) is 3.98. The largest absolute Gasteiger partial charge is 0.406 e. The lowest BCUT2D eigenvalue weighted by molar-refractivity contribution is -0.138. The summed E-state index contributed by atoms with van der Waals surface area (Å²) < 4.78 is 36.5. The van der Waals surface area contributed by atoms with Crippen molar-refractivity contribution in [1.29, 1.82) is 0 Å². The number of pyridine rings is 1. The maximum Gasteiger partial charge on any atom is 0.406 e. The van der Waals surface area contributed by atoms with Crippen LogP contribution in [0.15, 0.2) is 12.3 Å². The van der Waals surface area contributed by atoms with Gasteiger partial charge in [-0.25, -0.2) is 4.98 Å². The second-order valence-electron chi connectivity index (χ2n) is 3.58. The molecule has 4 nitrogen and oxygen atoms in total. The molecular formula is C10H11ClF3N3O. The molecule has 0 aliphatic carbocycles. The van der Waals surface area contributed by atoms with Gasteiger partial charge in [0.1, 0.15) is 12.4 Å². The first-order valence-electron chi connectivity index (χ1n) is 4.90. The van der Waals surface area contributed by atoms with Crippen LogP contribution < -0.4 is 5.32 Å². The summed E-state index contributed by atoms with van der Waals surface area (Å²) in [6, 6.07) is 1.30. The van der Waals surface area contributed by atoms with Gasteiger partial charge >= 0.3 is 6.18 Å². The van der Waals surface area contributed by atoms with E-state index in [1.807, 2.05) is 0 Å². The first-order valence-corrected chi connectivity index (χ1v) is 5.28. The summed E-state index contributed by atoms with van der Waals surface area (Å²) in [7, 11) is 2.63. The zero-order chi connectivity index (χ0) is 13.9. The third-order valence-corrected chi connectivity index (χ3v) is 2.41. The summed E-state index contributed by atoms with van der Waals surface area (Å²) in [5.74, 6) is -0.459. The fourth-order valence-electron chi connectivity index (χ4n) is 1.29. The monoisotopic (exact) mass is 281 g/mol. The Morgan fingerprint density at radius 1 is 1.56 bits per heavy atom. The van der Waals surface area contributed by atoms with E-state index in [1.54, 1.807) is 7.05 Å². The molecule has 18 heavy (non-hydrogen) atoms. The van der Waals surface area contributed by atoms with E-state index in [4.69, 9.17) is 11.6 Å². The van der Waals surface area contributed by atoms with Gasteiger partial charge in [-0.1, -0.05) is 11.6 Å². The molecule has 0 saturated heterocycles. The Kier molecular flexibility index (Phi) is 4.39. The second kappa shape index (κ2) is 5.43. The van der Waals surface area contributed by atoms with Crippen molar-refractivity contribution in [3.05, 3.63) is 22.8 Å². The quantitative estimate of drug-likeness (QED) is 0.925. The predicted octanol–water partition coefficient (Wildman–Crippen LogP) is 2.41. The normalized spacial score (nSPS) is 11.2. The van der Waals surface area contributed by atoms with Crippen molar-refractivity contribution in [2.75, 3.05) is 26.0 Å². The van der Waals surface area contributed by atoms with Crippen molar-refractivity contribution in [2.24, 2.45) is 0 Å². The molecule has 0 radical (unpaired) electrons. The lowest BCUT2D eigenvalue weighted by Gasteiger charge is -2.19. The van der Waals surface area contributed by atoms with Gasteiger partial charge in [0, 0.05) is 20.3 Å². The third-order valence-electron chi connectivity index (χ3n) is 2.11. The number of nitrogens with one attached hydrogen (secondary N) is 1. The topological polar surface area (TPSA) is 45.2 Å². The van der Waals surface area contributed by atoms with Gasteiger partial charge < -0.3 is 10.2 Å². The summed E-state index contributed by atoms with van der Waals surface area (Å²) in [5.41, 5.74) is -0.0252. The van der Waals surface area contributed by atoms with Crippen molar-refractivity contribution in [2.45, 2.75) is 6.18 Å². The minimum absolute atomic E-state index is 0.00743. The lowest BCUT2D eigenvalue weighted by atomic mass is 10.2. The fraction of sp³-hybridized carbons (Fsp3) is 0.400. The van der Waals surface area contributed by atoms with Crippen LogP contribution in [0.5, 0.6) is 0 Å². The number of amides is 1. The molecule has 0 aliphatic heterocycles. The van der Waals surface area contributed by atoms with Crippen molar-refractivity contribution < 1.29 is 18.0 Å². The molecule has 1 aromatic heterocycles. The number of rotatable bonds is 3. The first kappa shape index (κ1) is 14.6. The van der Waals surface area contributed by atoms with Crippen LogP contribution in [0, 0.1) is 0 Å². The Balaban J connectivity index is 2.96. The van der Waals surface area contributed by atoms with Gasteiger partial charge in [-0.2, -0.15) is 13.2 Å². The highest BCUT2D eigenvalue weighted by Gasteiger charge is 2.32. The summed E-state index contributed by atoms with van der Waals surface area (Å²) in [6.07, 6.45) is -3.24. The molecule has 0 unspecified atom stereocenters. The van der Waals surface area contributed by atoms with Gasteiger partial charge in [-0.15, -0.1) is 0 Å². The van der Waals surface area contributed by atoms with Gasteiger partial charge in [0.25, 0.3) is 5.91 Å². The van der Waals surface area contributed by atoms with E-state index < -0.39 is 18.6 Å². The van der Waals surface area contributed by atoms with Crippen LogP contribution in [-0.2, 0) is 0 Å². The van der Waals surface area contributed by atoms with Crippen LogP contribution in [0.1, 0.15) is 10.4 Å². The average Bonchev–Trinajstić information content (AvgIpc) is 2.26. The van der Waals surface area contributed by atoms with Gasteiger partial charge in [0.15, 0.2) is 0 Å². The summed E-state index contributed by atoms with van der Waals surface area (Å²) in [5, 5.41) is 2.68. The van der Waals surface area contributed by atoms with Crippen LogP contribution >= 0.6 is 11.6 Å². The SMILES string of the molecule is CNc1cc(C(=O)N(C)CC(F)(F)F)c(Cl)cn1. The number of nitrogens with zero attached hydrogens (tertiary/aromatic N) is 2. The van der Waals surface area contributed by atoms with Gasteiger partial charge in [-0.05, 0) is 6.07 Å². The summed E-state index contributed by atoms with van der Waals surface area (Å²) in [6.45, 7) is -1.33. The number of carbonyl (C=O) groups is 1. The molecule has 0 aliphatic rings. The molecule has 0 aromatic carbocycles. The Bertz CT molecular complexity index is 450. The Labute approximate surface area is 107 Å². The smallest absolute Gasteiger partial charge is 0.373 e. The Morgan fingerprint density at radius 2 is 2.17 bits per heavy atom. The van der Waals surface area contributed by atoms with Gasteiger partial charge in [0.2, 0.25) is 0 Å². The predicted molar refractivity (Wildman–Crippen MR) is 61.8 cm³/mol. The molecule has 0 spiro atoms. The molecule has 0 saturated carbocycles. The van der Waals surface area contributed by atoms with Crippen LogP contribution in [0.2, 0.25) is 5.02 Å². The van der Waals surface area contributed by atoms with E-state index in [1.165, 1.54) is 12.3 Å². The van der Waals surface area contributed by atoms with Crippen molar-refractivity contribution in [3.8, 4) is 0 Å². The zero-order valence-electron chi connectivity index (χ0n) is 9.68. The number of hydrogen-bond acceptors (Lipinski definition) is 3. The molecule has 8 heteroatoms. The Hall–Kier alpha value is -1.50. The molecule has 1 amide bonds. The van der Waals surface area contributed by atoms with E-state index >= 15 is 0 Å².